The van der Waals surface area contributed by atoms with Gasteiger partial charge in [-0.1, -0.05) is 31.0 Å². The molecule has 1 fully saturated rings. The van der Waals surface area contributed by atoms with Crippen molar-refractivity contribution in [3.63, 3.8) is 0 Å². The molecule has 0 aromatic heterocycles. The summed E-state index contributed by atoms with van der Waals surface area (Å²) in [7, 11) is 2.17. The van der Waals surface area contributed by atoms with Gasteiger partial charge in [0.15, 0.2) is 0 Å². The summed E-state index contributed by atoms with van der Waals surface area (Å²) >= 11 is 6.47. The summed E-state index contributed by atoms with van der Waals surface area (Å²) in [5, 5.41) is 4.36. The van der Waals surface area contributed by atoms with Crippen molar-refractivity contribution in [2.24, 2.45) is 5.92 Å². The standard InChI is InChI=1S/C17H27ClN2/c1-4-10-19-13(2)16-9-8-15(11-17(16)18)20(3)12-14-6-5-7-14/h8-9,11,13-14,19H,4-7,10,12H2,1-3H3. The largest absolute Gasteiger partial charge is 0.374 e. The van der Waals surface area contributed by atoms with E-state index in [1.807, 2.05) is 0 Å². The van der Waals surface area contributed by atoms with Gasteiger partial charge in [0.25, 0.3) is 0 Å². The highest BCUT2D eigenvalue weighted by Crippen LogP contribution is 2.31. The highest BCUT2D eigenvalue weighted by Gasteiger charge is 2.19. The average molecular weight is 295 g/mol. The van der Waals surface area contributed by atoms with Gasteiger partial charge in [-0.25, -0.2) is 0 Å². The number of nitrogens with one attached hydrogen (secondary N) is 1. The van der Waals surface area contributed by atoms with Crippen LogP contribution in [0.4, 0.5) is 5.69 Å². The maximum atomic E-state index is 6.47. The van der Waals surface area contributed by atoms with E-state index >= 15 is 0 Å². The molecular weight excluding hydrogens is 268 g/mol. The van der Waals surface area contributed by atoms with Crippen LogP contribution < -0.4 is 10.2 Å². The van der Waals surface area contributed by atoms with Crippen LogP contribution in [0.3, 0.4) is 0 Å². The van der Waals surface area contributed by atoms with E-state index in [4.69, 9.17) is 11.6 Å². The maximum Gasteiger partial charge on any atom is 0.0474 e. The summed E-state index contributed by atoms with van der Waals surface area (Å²) in [6.07, 6.45) is 5.31. The molecule has 0 bridgehead atoms. The predicted molar refractivity (Wildman–Crippen MR) is 88.8 cm³/mol. The number of anilines is 1. The molecule has 0 aliphatic heterocycles. The predicted octanol–water partition coefficient (Wildman–Crippen LogP) is 4.64. The van der Waals surface area contributed by atoms with Gasteiger partial charge in [-0.2, -0.15) is 0 Å². The maximum absolute atomic E-state index is 6.47. The van der Waals surface area contributed by atoms with E-state index in [0.717, 1.165) is 30.5 Å². The Morgan fingerprint density at radius 1 is 1.40 bits per heavy atom. The van der Waals surface area contributed by atoms with Gasteiger partial charge in [-0.15, -0.1) is 0 Å². The zero-order valence-corrected chi connectivity index (χ0v) is 13.7. The molecule has 20 heavy (non-hydrogen) atoms. The second kappa shape index (κ2) is 7.33. The van der Waals surface area contributed by atoms with Crippen LogP contribution in [-0.2, 0) is 0 Å². The second-order valence-electron chi connectivity index (χ2n) is 6.06. The van der Waals surface area contributed by atoms with E-state index in [9.17, 15) is 0 Å². The van der Waals surface area contributed by atoms with E-state index in [1.54, 1.807) is 0 Å². The Morgan fingerprint density at radius 3 is 2.70 bits per heavy atom. The van der Waals surface area contributed by atoms with E-state index in [0.29, 0.717) is 6.04 Å². The molecule has 2 nitrogen and oxygen atoms in total. The highest BCUT2D eigenvalue weighted by atomic mass is 35.5. The van der Waals surface area contributed by atoms with Gasteiger partial charge in [-0.3, -0.25) is 0 Å². The Kier molecular flexibility index (Phi) is 5.74. The van der Waals surface area contributed by atoms with Crippen molar-refractivity contribution >= 4 is 17.3 Å². The van der Waals surface area contributed by atoms with Gasteiger partial charge in [-0.05, 0) is 56.3 Å². The van der Waals surface area contributed by atoms with Crippen molar-refractivity contribution in [1.82, 2.24) is 5.32 Å². The lowest BCUT2D eigenvalue weighted by Gasteiger charge is -2.31. The van der Waals surface area contributed by atoms with Gasteiger partial charge >= 0.3 is 0 Å². The third-order valence-electron chi connectivity index (χ3n) is 4.35. The first-order valence-corrected chi connectivity index (χ1v) is 8.23. The lowest BCUT2D eigenvalue weighted by Crippen LogP contribution is -2.29. The summed E-state index contributed by atoms with van der Waals surface area (Å²) < 4.78 is 0. The molecule has 2 rings (SSSR count). The number of rotatable bonds is 7. The van der Waals surface area contributed by atoms with Gasteiger partial charge in [0, 0.05) is 30.3 Å². The fourth-order valence-corrected chi connectivity index (χ4v) is 3.08. The highest BCUT2D eigenvalue weighted by molar-refractivity contribution is 6.31. The summed E-state index contributed by atoms with van der Waals surface area (Å²) in [6.45, 7) is 6.54. The molecule has 1 unspecified atom stereocenters. The quantitative estimate of drug-likeness (QED) is 0.788. The molecule has 1 aromatic rings. The number of hydrogen-bond donors (Lipinski definition) is 1. The fraction of sp³-hybridized carbons (Fsp3) is 0.647. The number of nitrogens with zero attached hydrogens (tertiary/aromatic N) is 1. The summed E-state index contributed by atoms with van der Waals surface area (Å²) in [5.74, 6) is 0.878. The minimum absolute atomic E-state index is 0.313. The van der Waals surface area contributed by atoms with Gasteiger partial charge in [0.1, 0.15) is 0 Å². The van der Waals surface area contributed by atoms with Crippen LogP contribution in [0.2, 0.25) is 5.02 Å². The lowest BCUT2D eigenvalue weighted by molar-refractivity contribution is 0.321. The van der Waals surface area contributed by atoms with Crippen molar-refractivity contribution in [2.45, 2.75) is 45.6 Å². The smallest absolute Gasteiger partial charge is 0.0474 e. The van der Waals surface area contributed by atoms with Crippen LogP contribution in [0, 0.1) is 5.92 Å². The molecule has 112 valence electrons. The van der Waals surface area contributed by atoms with Crippen molar-refractivity contribution < 1.29 is 0 Å². The summed E-state index contributed by atoms with van der Waals surface area (Å²) in [5.41, 5.74) is 2.43. The Balaban J connectivity index is 2.00. The van der Waals surface area contributed by atoms with Crippen LogP contribution in [-0.4, -0.2) is 20.1 Å². The zero-order valence-electron chi connectivity index (χ0n) is 13.0. The molecule has 1 aliphatic rings. The van der Waals surface area contributed by atoms with Gasteiger partial charge in [0.05, 0.1) is 0 Å². The Hall–Kier alpha value is -0.730. The Morgan fingerprint density at radius 2 is 2.15 bits per heavy atom. The zero-order chi connectivity index (χ0) is 14.5. The number of hydrogen-bond acceptors (Lipinski definition) is 2. The molecule has 1 aliphatic carbocycles. The minimum Gasteiger partial charge on any atom is -0.374 e. The van der Waals surface area contributed by atoms with Crippen molar-refractivity contribution in [3.8, 4) is 0 Å². The molecule has 0 spiro atoms. The second-order valence-corrected chi connectivity index (χ2v) is 6.47. The van der Waals surface area contributed by atoms with Crippen molar-refractivity contribution in [3.05, 3.63) is 28.8 Å². The van der Waals surface area contributed by atoms with Crippen molar-refractivity contribution in [1.29, 1.82) is 0 Å². The first-order chi connectivity index (χ1) is 9.61. The van der Waals surface area contributed by atoms with Crippen molar-refractivity contribution in [2.75, 3.05) is 25.0 Å². The SMILES string of the molecule is CCCNC(C)c1ccc(N(C)CC2CCC2)cc1Cl. The van der Waals surface area contributed by atoms with Crippen LogP contribution in [0.1, 0.15) is 51.1 Å². The summed E-state index contributed by atoms with van der Waals surface area (Å²) in [4.78, 5) is 2.34. The molecule has 0 radical (unpaired) electrons. The number of halogens is 1. The molecule has 0 saturated heterocycles. The van der Waals surface area contributed by atoms with E-state index in [-0.39, 0.29) is 0 Å². The molecule has 1 aromatic carbocycles. The third-order valence-corrected chi connectivity index (χ3v) is 4.68. The molecule has 0 amide bonds. The van der Waals surface area contributed by atoms with Crippen LogP contribution in [0.5, 0.6) is 0 Å². The Labute approximate surface area is 128 Å². The first kappa shape index (κ1) is 15.7. The molecule has 1 saturated carbocycles. The van der Waals surface area contributed by atoms with Crippen LogP contribution in [0.15, 0.2) is 18.2 Å². The first-order valence-electron chi connectivity index (χ1n) is 7.85. The average Bonchev–Trinajstić information content (AvgIpc) is 2.39. The van der Waals surface area contributed by atoms with E-state index in [2.05, 4.69) is 49.3 Å². The topological polar surface area (TPSA) is 15.3 Å². The molecule has 1 atom stereocenters. The van der Waals surface area contributed by atoms with Crippen LogP contribution >= 0.6 is 11.6 Å². The van der Waals surface area contributed by atoms with Gasteiger partial charge < -0.3 is 10.2 Å². The Bertz CT molecular complexity index is 429. The third kappa shape index (κ3) is 3.89. The van der Waals surface area contributed by atoms with Crippen LogP contribution in [0.25, 0.3) is 0 Å². The number of benzene rings is 1. The molecule has 1 N–H and O–H groups in total. The normalized spacial score (nSPS) is 16.8. The minimum atomic E-state index is 0.313. The molecule has 3 heteroatoms. The monoisotopic (exact) mass is 294 g/mol. The van der Waals surface area contributed by atoms with E-state index in [1.165, 1.54) is 30.5 Å². The molecule has 0 heterocycles. The van der Waals surface area contributed by atoms with Gasteiger partial charge in [0.2, 0.25) is 0 Å². The summed E-state index contributed by atoms with van der Waals surface area (Å²) in [6, 6.07) is 6.79. The lowest BCUT2D eigenvalue weighted by atomic mass is 9.85. The fourth-order valence-electron chi connectivity index (χ4n) is 2.74. The van der Waals surface area contributed by atoms with E-state index < -0.39 is 0 Å². The molecular formula is C17H27ClN2.